The molecule has 6 nitrogen and oxygen atoms in total. The fraction of sp³-hybridized carbons (Fsp3) is 0.556. The van der Waals surface area contributed by atoms with Gasteiger partial charge in [0.15, 0.2) is 17.3 Å². The summed E-state index contributed by atoms with van der Waals surface area (Å²) in [5.74, 6) is 1.16. The molecular formula is C27H30O6. The highest BCUT2D eigenvalue weighted by molar-refractivity contribution is 6.12. The van der Waals surface area contributed by atoms with Crippen LogP contribution < -0.4 is 0 Å². The van der Waals surface area contributed by atoms with Crippen LogP contribution in [0.4, 0.5) is 0 Å². The summed E-state index contributed by atoms with van der Waals surface area (Å²) in [5, 5.41) is 21.1. The van der Waals surface area contributed by atoms with Crippen LogP contribution in [-0.4, -0.2) is 41.3 Å². The Morgan fingerprint density at radius 3 is 2.70 bits per heavy atom. The predicted molar refractivity (Wildman–Crippen MR) is 119 cm³/mol. The molecule has 0 aromatic carbocycles. The number of hydrogen-bond acceptors (Lipinski definition) is 6. The van der Waals surface area contributed by atoms with Crippen LogP contribution in [-0.2, 0) is 19.1 Å². The monoisotopic (exact) mass is 450 g/mol. The lowest BCUT2D eigenvalue weighted by atomic mass is 9.45. The van der Waals surface area contributed by atoms with Crippen molar-refractivity contribution in [2.75, 3.05) is 13.4 Å². The fourth-order valence-corrected chi connectivity index (χ4v) is 7.28. The first-order valence-corrected chi connectivity index (χ1v) is 12.1. The first kappa shape index (κ1) is 21.1. The van der Waals surface area contributed by atoms with E-state index in [2.05, 4.69) is 0 Å². The average molecular weight is 451 g/mol. The van der Waals surface area contributed by atoms with E-state index in [1.165, 1.54) is 0 Å². The molecule has 1 heterocycles. The third kappa shape index (κ3) is 2.56. The Morgan fingerprint density at radius 2 is 1.97 bits per heavy atom. The van der Waals surface area contributed by atoms with Crippen molar-refractivity contribution >= 4 is 11.6 Å². The number of aliphatic hydroxyl groups is 2. The summed E-state index contributed by atoms with van der Waals surface area (Å²) < 4.78 is 11.6. The second-order valence-electron chi connectivity index (χ2n) is 10.6. The second kappa shape index (κ2) is 7.03. The van der Waals surface area contributed by atoms with Crippen molar-refractivity contribution in [3.63, 3.8) is 0 Å². The van der Waals surface area contributed by atoms with Crippen LogP contribution in [0.3, 0.4) is 0 Å². The van der Waals surface area contributed by atoms with Gasteiger partial charge in [-0.15, -0.1) is 0 Å². The Kier molecular flexibility index (Phi) is 4.50. The maximum absolute atomic E-state index is 13.8. The van der Waals surface area contributed by atoms with E-state index in [-0.39, 0.29) is 36.6 Å². The van der Waals surface area contributed by atoms with E-state index in [1.807, 2.05) is 26.0 Å². The van der Waals surface area contributed by atoms with E-state index in [9.17, 15) is 19.8 Å². The van der Waals surface area contributed by atoms with Crippen LogP contribution in [0.15, 0.2) is 57.6 Å². The van der Waals surface area contributed by atoms with Crippen LogP contribution in [0.1, 0.15) is 52.4 Å². The Labute approximate surface area is 193 Å². The average Bonchev–Trinajstić information content (AvgIpc) is 3.52. The van der Waals surface area contributed by atoms with E-state index in [0.29, 0.717) is 17.6 Å². The Balaban J connectivity index is 1.66. The molecule has 0 saturated heterocycles. The molecule has 1 fully saturated rings. The number of allylic oxidation sites excluding steroid dienone is 6. The lowest BCUT2D eigenvalue weighted by Gasteiger charge is -2.55. The molecule has 5 aliphatic carbocycles. The number of fused-ring (bicyclic) bond motifs is 5. The molecule has 174 valence electrons. The van der Waals surface area contributed by atoms with Crippen molar-refractivity contribution in [1.82, 2.24) is 0 Å². The lowest BCUT2D eigenvalue weighted by molar-refractivity contribution is -0.134. The van der Waals surface area contributed by atoms with Crippen molar-refractivity contribution in [3.05, 3.63) is 57.6 Å². The molecule has 4 atom stereocenters. The highest BCUT2D eigenvalue weighted by Gasteiger charge is 2.64. The predicted octanol–water partition coefficient (Wildman–Crippen LogP) is 3.42. The zero-order chi connectivity index (χ0) is 23.1. The minimum absolute atomic E-state index is 0.119. The smallest absolute Gasteiger partial charge is 0.230 e. The number of aliphatic hydroxyl groups excluding tert-OH is 2. The Morgan fingerprint density at radius 1 is 1.21 bits per heavy atom. The number of carbonyl (C=O) groups is 2. The topological polar surface area (TPSA) is 93.1 Å². The number of hydrogen-bond donors (Lipinski definition) is 2. The van der Waals surface area contributed by atoms with Gasteiger partial charge in [-0.25, -0.2) is 0 Å². The highest BCUT2D eigenvalue weighted by atomic mass is 16.7. The summed E-state index contributed by atoms with van der Waals surface area (Å²) in [6, 6.07) is 0. The fourth-order valence-electron chi connectivity index (χ4n) is 7.28. The standard InChI is InChI=1S/C27H30O6/c1-14-7-19-20(29)9-18-16-8-22-25(33-13-32-22)24(16)17(15-5-3-4-6-15)10-27(18,23(31)12-28)26(19,2)11-21(14)30/h7,9-10,14-15,21,28,30H,3-6,8,11-13H2,1-2H3/t14-,21-,26-,27-/m0/s1. The van der Waals surface area contributed by atoms with E-state index >= 15 is 0 Å². The number of Topliss-reactive ketones (excluding diaryl/α,β-unsaturated/α-hetero) is 1. The normalized spacial score (nSPS) is 37.5. The first-order chi connectivity index (χ1) is 15.8. The van der Waals surface area contributed by atoms with Crippen LogP contribution in [0.2, 0.25) is 0 Å². The number of carbonyl (C=O) groups excluding carboxylic acids is 2. The van der Waals surface area contributed by atoms with Crippen LogP contribution >= 0.6 is 0 Å². The van der Waals surface area contributed by atoms with Crippen molar-refractivity contribution in [3.8, 4) is 0 Å². The number of ether oxygens (including phenoxy) is 2. The van der Waals surface area contributed by atoms with Gasteiger partial charge >= 0.3 is 0 Å². The van der Waals surface area contributed by atoms with Gasteiger partial charge in [0.1, 0.15) is 12.4 Å². The minimum atomic E-state index is -1.21. The molecule has 0 radical (unpaired) electrons. The van der Waals surface area contributed by atoms with E-state index < -0.39 is 23.5 Å². The van der Waals surface area contributed by atoms with Crippen LogP contribution in [0.25, 0.3) is 0 Å². The van der Waals surface area contributed by atoms with E-state index in [0.717, 1.165) is 53.9 Å². The summed E-state index contributed by atoms with van der Waals surface area (Å²) in [7, 11) is 0. The van der Waals surface area contributed by atoms with Crippen molar-refractivity contribution < 1.29 is 29.3 Å². The first-order valence-electron chi connectivity index (χ1n) is 12.1. The Bertz CT molecular complexity index is 1130. The maximum atomic E-state index is 13.8. The zero-order valence-electron chi connectivity index (χ0n) is 19.1. The molecule has 6 aliphatic rings. The third-order valence-electron chi connectivity index (χ3n) is 9.00. The third-order valence-corrected chi connectivity index (χ3v) is 9.00. The SMILES string of the molecule is C[C@H]1C=C2C(=O)C=C3C4=C(C(C5CCCC5)=C[C@]3(C(=O)CO)[C@@]2(C)C[C@@H]1O)C1=C(C4)OCO1. The van der Waals surface area contributed by atoms with Crippen molar-refractivity contribution in [2.45, 2.75) is 58.5 Å². The number of rotatable bonds is 3. The molecule has 33 heavy (non-hydrogen) atoms. The molecule has 0 aromatic rings. The molecule has 0 aromatic heterocycles. The Hall–Kier alpha value is -2.44. The van der Waals surface area contributed by atoms with Gasteiger partial charge in [-0.1, -0.05) is 38.8 Å². The molecule has 0 amide bonds. The molecule has 0 spiro atoms. The maximum Gasteiger partial charge on any atom is 0.230 e. The molecule has 6 rings (SSSR count). The quantitative estimate of drug-likeness (QED) is 0.685. The van der Waals surface area contributed by atoms with E-state index in [4.69, 9.17) is 9.47 Å². The lowest BCUT2D eigenvalue weighted by Crippen LogP contribution is -2.56. The van der Waals surface area contributed by atoms with Gasteiger partial charge in [-0.05, 0) is 48.0 Å². The van der Waals surface area contributed by atoms with Gasteiger partial charge in [0.25, 0.3) is 0 Å². The molecule has 2 N–H and O–H groups in total. The van der Waals surface area contributed by atoms with Gasteiger partial charge in [0, 0.05) is 28.9 Å². The molecule has 0 unspecified atom stereocenters. The van der Waals surface area contributed by atoms with Gasteiger partial charge in [0.05, 0.1) is 11.5 Å². The van der Waals surface area contributed by atoms with Crippen molar-refractivity contribution in [2.24, 2.45) is 22.7 Å². The summed E-state index contributed by atoms with van der Waals surface area (Å²) in [6.45, 7) is 3.37. The summed E-state index contributed by atoms with van der Waals surface area (Å²) in [5.41, 5.74) is 2.04. The highest BCUT2D eigenvalue weighted by Crippen LogP contribution is 2.66. The molecule has 1 aliphatic heterocycles. The molecule has 6 heteroatoms. The zero-order valence-corrected chi connectivity index (χ0v) is 19.1. The van der Waals surface area contributed by atoms with Gasteiger partial charge in [-0.2, -0.15) is 0 Å². The summed E-state index contributed by atoms with van der Waals surface area (Å²) in [6.07, 6.45) is 9.91. The summed E-state index contributed by atoms with van der Waals surface area (Å²) in [4.78, 5) is 27.3. The minimum Gasteiger partial charge on any atom is -0.458 e. The van der Waals surface area contributed by atoms with Crippen LogP contribution in [0, 0.1) is 22.7 Å². The largest absolute Gasteiger partial charge is 0.458 e. The van der Waals surface area contributed by atoms with Gasteiger partial charge < -0.3 is 19.7 Å². The van der Waals surface area contributed by atoms with Crippen LogP contribution in [0.5, 0.6) is 0 Å². The van der Waals surface area contributed by atoms with Gasteiger partial charge in [0.2, 0.25) is 6.79 Å². The molecule has 0 bridgehead atoms. The van der Waals surface area contributed by atoms with E-state index in [1.54, 1.807) is 6.08 Å². The molecular weight excluding hydrogens is 420 g/mol. The van der Waals surface area contributed by atoms with Gasteiger partial charge in [-0.3, -0.25) is 9.59 Å². The van der Waals surface area contributed by atoms with Crippen molar-refractivity contribution in [1.29, 1.82) is 0 Å². The number of ketones is 2. The molecule has 1 saturated carbocycles. The second-order valence-corrected chi connectivity index (χ2v) is 10.6. The summed E-state index contributed by atoms with van der Waals surface area (Å²) >= 11 is 0.